The molecule has 33 heavy (non-hydrogen) atoms. The third-order valence-corrected chi connectivity index (χ3v) is 6.68. The zero-order chi connectivity index (χ0) is 23.4. The van der Waals surface area contributed by atoms with Crippen LogP contribution in [0.25, 0.3) is 0 Å². The lowest BCUT2D eigenvalue weighted by molar-refractivity contribution is 0.102. The molecule has 0 fully saturated rings. The van der Waals surface area contributed by atoms with E-state index in [1.54, 1.807) is 30.5 Å². The predicted octanol–water partition coefficient (Wildman–Crippen LogP) is 4.55. The van der Waals surface area contributed by atoms with Crippen molar-refractivity contribution in [1.29, 1.82) is 0 Å². The molecule has 2 heterocycles. The van der Waals surface area contributed by atoms with Crippen LogP contribution >= 0.6 is 11.3 Å². The van der Waals surface area contributed by atoms with Gasteiger partial charge in [0.2, 0.25) is 5.75 Å². The zero-order valence-corrected chi connectivity index (χ0v) is 19.5. The van der Waals surface area contributed by atoms with Crippen molar-refractivity contribution in [3.63, 3.8) is 0 Å². The van der Waals surface area contributed by atoms with Gasteiger partial charge in [-0.05, 0) is 43.4 Å². The fourth-order valence-corrected chi connectivity index (χ4v) is 5.20. The number of ether oxygens (including phenoxy) is 3. The van der Waals surface area contributed by atoms with Crippen LogP contribution in [-0.4, -0.2) is 38.1 Å². The van der Waals surface area contributed by atoms with Crippen molar-refractivity contribution in [3.05, 3.63) is 58.2 Å². The maximum Gasteiger partial charge on any atom is 0.258 e. The molecule has 2 amide bonds. The van der Waals surface area contributed by atoms with Gasteiger partial charge in [0.25, 0.3) is 11.8 Å². The molecular formula is C24H25N3O5S. The number of hydrogen-bond acceptors (Lipinski definition) is 7. The molecule has 3 aromatic rings. The van der Waals surface area contributed by atoms with Crippen molar-refractivity contribution in [2.75, 3.05) is 32.0 Å². The van der Waals surface area contributed by atoms with Crippen molar-refractivity contribution in [2.45, 2.75) is 25.7 Å². The summed E-state index contributed by atoms with van der Waals surface area (Å²) in [6, 6.07) is 6.73. The summed E-state index contributed by atoms with van der Waals surface area (Å²) in [5, 5.41) is 6.40. The molecule has 0 bridgehead atoms. The molecule has 9 heteroatoms. The first kappa shape index (κ1) is 22.6. The first-order valence-corrected chi connectivity index (χ1v) is 11.3. The predicted molar refractivity (Wildman–Crippen MR) is 127 cm³/mol. The number of aryl methyl sites for hydroxylation is 1. The molecule has 0 atom stereocenters. The summed E-state index contributed by atoms with van der Waals surface area (Å²) < 4.78 is 16.1. The van der Waals surface area contributed by atoms with Gasteiger partial charge in [-0.25, -0.2) is 0 Å². The number of amides is 2. The topological polar surface area (TPSA) is 98.8 Å². The molecule has 0 unspecified atom stereocenters. The third kappa shape index (κ3) is 4.63. The van der Waals surface area contributed by atoms with Crippen LogP contribution in [0.4, 0.5) is 10.7 Å². The molecule has 172 valence electrons. The standard InChI is InChI=1S/C24H25N3O5S/c1-30-17-11-15(12-18(31-2)21(17)32-3)26-23(29)20-16-8-4-5-9-19(16)33-24(20)27-22(28)14-7-6-10-25-13-14/h6-7,10-13H,4-5,8-9H2,1-3H3,(H,26,29)(H,27,28). The van der Waals surface area contributed by atoms with Crippen LogP contribution in [0.15, 0.2) is 36.7 Å². The molecule has 1 aliphatic carbocycles. The fraction of sp³-hybridized carbons (Fsp3) is 0.292. The Morgan fingerprint density at radius 2 is 1.70 bits per heavy atom. The average Bonchev–Trinajstić information content (AvgIpc) is 3.21. The monoisotopic (exact) mass is 467 g/mol. The molecule has 4 rings (SSSR count). The lowest BCUT2D eigenvalue weighted by Gasteiger charge is -2.16. The van der Waals surface area contributed by atoms with Crippen molar-refractivity contribution >= 4 is 33.8 Å². The van der Waals surface area contributed by atoms with Crippen LogP contribution in [0.2, 0.25) is 0 Å². The van der Waals surface area contributed by atoms with Gasteiger partial charge < -0.3 is 24.8 Å². The minimum absolute atomic E-state index is 0.301. The van der Waals surface area contributed by atoms with Crippen molar-refractivity contribution in [2.24, 2.45) is 0 Å². The van der Waals surface area contributed by atoms with Crippen molar-refractivity contribution in [1.82, 2.24) is 4.98 Å². The fourth-order valence-electron chi connectivity index (χ4n) is 3.91. The van der Waals surface area contributed by atoms with E-state index in [1.165, 1.54) is 38.9 Å². The normalized spacial score (nSPS) is 12.5. The van der Waals surface area contributed by atoms with E-state index in [9.17, 15) is 9.59 Å². The van der Waals surface area contributed by atoms with Gasteiger partial charge in [0, 0.05) is 35.1 Å². The Morgan fingerprint density at radius 1 is 0.970 bits per heavy atom. The molecule has 2 N–H and O–H groups in total. The Morgan fingerprint density at radius 3 is 2.33 bits per heavy atom. The number of aromatic nitrogens is 1. The molecule has 0 spiro atoms. The zero-order valence-electron chi connectivity index (χ0n) is 18.7. The molecule has 0 saturated carbocycles. The highest BCUT2D eigenvalue weighted by Gasteiger charge is 2.27. The second kappa shape index (κ2) is 9.91. The maximum absolute atomic E-state index is 13.5. The molecule has 8 nitrogen and oxygen atoms in total. The van der Waals surface area contributed by atoms with Gasteiger partial charge in [0.05, 0.1) is 32.5 Å². The highest BCUT2D eigenvalue weighted by molar-refractivity contribution is 7.17. The van der Waals surface area contributed by atoms with E-state index in [1.807, 2.05) is 0 Å². The number of carbonyl (C=O) groups is 2. The Hall–Kier alpha value is -3.59. The second-order valence-corrected chi connectivity index (χ2v) is 8.58. The van der Waals surface area contributed by atoms with Gasteiger partial charge in [-0.3, -0.25) is 14.6 Å². The molecule has 2 aromatic heterocycles. The quantitative estimate of drug-likeness (QED) is 0.529. The van der Waals surface area contributed by atoms with Gasteiger partial charge in [-0.1, -0.05) is 0 Å². The molecule has 1 aromatic carbocycles. The summed E-state index contributed by atoms with van der Waals surface area (Å²) in [7, 11) is 4.56. The summed E-state index contributed by atoms with van der Waals surface area (Å²) in [6.07, 6.45) is 6.87. The minimum Gasteiger partial charge on any atom is -0.493 e. The van der Waals surface area contributed by atoms with Crippen LogP contribution in [-0.2, 0) is 12.8 Å². The van der Waals surface area contributed by atoms with Crippen LogP contribution in [0.1, 0.15) is 44.0 Å². The number of rotatable bonds is 7. The van der Waals surface area contributed by atoms with Gasteiger partial charge >= 0.3 is 0 Å². The number of anilines is 2. The third-order valence-electron chi connectivity index (χ3n) is 5.47. The maximum atomic E-state index is 13.5. The number of fused-ring (bicyclic) bond motifs is 1. The van der Waals surface area contributed by atoms with Gasteiger partial charge in [0.15, 0.2) is 11.5 Å². The van der Waals surface area contributed by atoms with Crippen molar-refractivity contribution < 1.29 is 23.8 Å². The van der Waals surface area contributed by atoms with Crippen LogP contribution in [0.3, 0.4) is 0 Å². The molecule has 1 aliphatic rings. The van der Waals surface area contributed by atoms with E-state index in [0.29, 0.717) is 39.1 Å². The number of hydrogen-bond donors (Lipinski definition) is 2. The van der Waals surface area contributed by atoms with Crippen LogP contribution in [0.5, 0.6) is 17.2 Å². The van der Waals surface area contributed by atoms with Gasteiger partial charge in [-0.2, -0.15) is 0 Å². The minimum atomic E-state index is -0.302. The summed E-state index contributed by atoms with van der Waals surface area (Å²) in [5.74, 6) is 0.707. The Balaban J connectivity index is 1.67. The number of nitrogens with zero attached hydrogens (tertiary/aromatic N) is 1. The smallest absolute Gasteiger partial charge is 0.258 e. The van der Waals surface area contributed by atoms with Crippen LogP contribution in [0, 0.1) is 0 Å². The number of thiophene rings is 1. The highest BCUT2D eigenvalue weighted by atomic mass is 32.1. The van der Waals surface area contributed by atoms with E-state index in [4.69, 9.17) is 14.2 Å². The summed E-state index contributed by atoms with van der Waals surface area (Å²) >= 11 is 1.46. The highest BCUT2D eigenvalue weighted by Crippen LogP contribution is 2.42. The number of nitrogens with one attached hydrogen (secondary N) is 2. The molecular weight excluding hydrogens is 442 g/mol. The van der Waals surface area contributed by atoms with Crippen LogP contribution < -0.4 is 24.8 Å². The first-order valence-electron chi connectivity index (χ1n) is 10.5. The molecule has 0 aliphatic heterocycles. The van der Waals surface area contributed by atoms with E-state index in [2.05, 4.69) is 15.6 Å². The summed E-state index contributed by atoms with van der Waals surface area (Å²) in [5.41, 5.74) is 2.42. The molecule has 0 radical (unpaired) electrons. The van der Waals surface area contributed by atoms with E-state index in [-0.39, 0.29) is 11.8 Å². The lowest BCUT2D eigenvalue weighted by Crippen LogP contribution is -2.19. The lowest BCUT2D eigenvalue weighted by atomic mass is 9.95. The first-order chi connectivity index (χ1) is 16.0. The van der Waals surface area contributed by atoms with E-state index < -0.39 is 0 Å². The second-order valence-electron chi connectivity index (χ2n) is 7.48. The largest absolute Gasteiger partial charge is 0.493 e. The summed E-state index contributed by atoms with van der Waals surface area (Å²) in [6.45, 7) is 0. The SMILES string of the molecule is COc1cc(NC(=O)c2c(NC(=O)c3cccnc3)sc3c2CCCC3)cc(OC)c1OC. The number of pyridine rings is 1. The number of methoxy groups -OCH3 is 3. The number of benzene rings is 1. The molecule has 0 saturated heterocycles. The number of carbonyl (C=O) groups excluding carboxylic acids is 2. The van der Waals surface area contributed by atoms with Gasteiger partial charge in [0.1, 0.15) is 5.00 Å². The Kier molecular flexibility index (Phi) is 6.79. The Labute approximate surface area is 195 Å². The van der Waals surface area contributed by atoms with Crippen molar-refractivity contribution in [3.8, 4) is 17.2 Å². The van der Waals surface area contributed by atoms with E-state index >= 15 is 0 Å². The van der Waals surface area contributed by atoms with Gasteiger partial charge in [-0.15, -0.1) is 11.3 Å². The summed E-state index contributed by atoms with van der Waals surface area (Å²) in [4.78, 5) is 31.4. The average molecular weight is 468 g/mol. The Bertz CT molecular complexity index is 1150. The van der Waals surface area contributed by atoms with E-state index in [0.717, 1.165) is 36.1 Å².